The van der Waals surface area contributed by atoms with Gasteiger partial charge >= 0.3 is 0 Å². The lowest BCUT2D eigenvalue weighted by atomic mass is 10.2. The standard InChI is InChI=1S/C10H10FN3O/c1-14(2)10(15)9-7-5-6(11)3-4-8(7)12-13-9/h3-5H,1-2H3,(H,12,13). The number of nitrogens with zero attached hydrogens (tertiary/aromatic N) is 2. The Hall–Kier alpha value is -1.91. The van der Waals surface area contributed by atoms with Crippen molar-refractivity contribution in [2.75, 3.05) is 14.1 Å². The summed E-state index contributed by atoms with van der Waals surface area (Å²) < 4.78 is 13.0. The molecule has 0 saturated heterocycles. The Morgan fingerprint density at radius 3 is 2.87 bits per heavy atom. The Balaban J connectivity index is 2.62. The average Bonchev–Trinajstić information content (AvgIpc) is 2.59. The lowest BCUT2D eigenvalue weighted by molar-refractivity contribution is 0.0824. The number of H-pyrrole nitrogens is 1. The first-order chi connectivity index (χ1) is 7.09. The van der Waals surface area contributed by atoms with Crippen molar-refractivity contribution in [1.29, 1.82) is 0 Å². The molecule has 1 aromatic carbocycles. The van der Waals surface area contributed by atoms with Crippen LogP contribution in [0.1, 0.15) is 10.5 Å². The first-order valence-corrected chi connectivity index (χ1v) is 4.45. The Morgan fingerprint density at radius 2 is 2.20 bits per heavy atom. The van der Waals surface area contributed by atoms with Crippen molar-refractivity contribution in [2.45, 2.75) is 0 Å². The highest BCUT2D eigenvalue weighted by Crippen LogP contribution is 2.17. The van der Waals surface area contributed by atoms with Crippen molar-refractivity contribution < 1.29 is 9.18 Å². The number of carbonyl (C=O) groups excluding carboxylic acids is 1. The van der Waals surface area contributed by atoms with Gasteiger partial charge < -0.3 is 4.90 Å². The third-order valence-corrected chi connectivity index (χ3v) is 2.13. The van der Waals surface area contributed by atoms with Crippen LogP contribution in [0, 0.1) is 5.82 Å². The second kappa shape index (κ2) is 3.34. The van der Waals surface area contributed by atoms with Gasteiger partial charge in [-0.05, 0) is 18.2 Å². The summed E-state index contributed by atoms with van der Waals surface area (Å²) >= 11 is 0. The van der Waals surface area contributed by atoms with E-state index < -0.39 is 0 Å². The Morgan fingerprint density at radius 1 is 1.47 bits per heavy atom. The van der Waals surface area contributed by atoms with Crippen molar-refractivity contribution in [3.05, 3.63) is 29.7 Å². The van der Waals surface area contributed by atoms with E-state index in [9.17, 15) is 9.18 Å². The SMILES string of the molecule is CN(C)C(=O)c1n[nH]c2ccc(F)cc12. The zero-order valence-electron chi connectivity index (χ0n) is 8.41. The van der Waals surface area contributed by atoms with Gasteiger partial charge in [0.05, 0.1) is 5.52 Å². The van der Waals surface area contributed by atoms with Crippen molar-refractivity contribution in [2.24, 2.45) is 0 Å². The van der Waals surface area contributed by atoms with E-state index in [2.05, 4.69) is 10.2 Å². The number of carbonyl (C=O) groups is 1. The van der Waals surface area contributed by atoms with Gasteiger partial charge in [0.25, 0.3) is 5.91 Å². The maximum absolute atomic E-state index is 13.0. The molecule has 2 rings (SSSR count). The quantitative estimate of drug-likeness (QED) is 0.768. The molecular formula is C10H10FN3O. The van der Waals surface area contributed by atoms with Crippen LogP contribution in [0.2, 0.25) is 0 Å². The number of nitrogens with one attached hydrogen (secondary N) is 1. The molecule has 4 nitrogen and oxygen atoms in total. The molecule has 78 valence electrons. The molecule has 0 radical (unpaired) electrons. The monoisotopic (exact) mass is 207 g/mol. The zero-order chi connectivity index (χ0) is 11.0. The van der Waals surface area contributed by atoms with E-state index in [1.165, 1.54) is 17.0 Å². The fourth-order valence-electron chi connectivity index (χ4n) is 1.36. The number of aromatic nitrogens is 2. The fourth-order valence-corrected chi connectivity index (χ4v) is 1.36. The van der Waals surface area contributed by atoms with E-state index in [1.807, 2.05) is 0 Å². The van der Waals surface area contributed by atoms with E-state index in [-0.39, 0.29) is 17.4 Å². The number of halogens is 1. The molecule has 0 bridgehead atoms. The summed E-state index contributed by atoms with van der Waals surface area (Å²) in [5, 5.41) is 7.07. The number of aromatic amines is 1. The Labute approximate surface area is 85.7 Å². The third-order valence-electron chi connectivity index (χ3n) is 2.13. The molecule has 1 aromatic heterocycles. The summed E-state index contributed by atoms with van der Waals surface area (Å²) in [6.07, 6.45) is 0. The van der Waals surface area contributed by atoms with Gasteiger partial charge in [0, 0.05) is 19.5 Å². The lowest BCUT2D eigenvalue weighted by Gasteiger charge is -2.07. The maximum Gasteiger partial charge on any atom is 0.274 e. The van der Waals surface area contributed by atoms with E-state index in [1.54, 1.807) is 20.2 Å². The van der Waals surface area contributed by atoms with Crippen LogP contribution in [0.25, 0.3) is 10.9 Å². The van der Waals surface area contributed by atoms with E-state index in [4.69, 9.17) is 0 Å². The number of hydrogen-bond donors (Lipinski definition) is 1. The van der Waals surface area contributed by atoms with Crippen LogP contribution in [0.15, 0.2) is 18.2 Å². The molecule has 2 aromatic rings. The van der Waals surface area contributed by atoms with Crippen molar-refractivity contribution in [3.8, 4) is 0 Å². The number of rotatable bonds is 1. The summed E-state index contributed by atoms with van der Waals surface area (Å²) in [6, 6.07) is 4.18. The van der Waals surface area contributed by atoms with Crippen molar-refractivity contribution >= 4 is 16.8 Å². The minimum atomic E-state index is -0.378. The van der Waals surface area contributed by atoms with Gasteiger partial charge in [-0.15, -0.1) is 0 Å². The molecule has 1 heterocycles. The molecule has 0 spiro atoms. The van der Waals surface area contributed by atoms with Crippen LogP contribution >= 0.6 is 0 Å². The molecule has 0 aliphatic carbocycles. The van der Waals surface area contributed by atoms with Crippen LogP contribution in [0.4, 0.5) is 4.39 Å². The molecule has 0 aliphatic rings. The predicted molar refractivity (Wildman–Crippen MR) is 54.1 cm³/mol. The first kappa shape index (κ1) is 9.64. The molecule has 0 unspecified atom stereocenters. The van der Waals surface area contributed by atoms with Crippen molar-refractivity contribution in [1.82, 2.24) is 15.1 Å². The first-order valence-electron chi connectivity index (χ1n) is 4.45. The Bertz CT molecular complexity index is 518. The van der Waals surface area contributed by atoms with Gasteiger partial charge in [-0.2, -0.15) is 5.10 Å². The number of fused-ring (bicyclic) bond motifs is 1. The van der Waals surface area contributed by atoms with E-state index >= 15 is 0 Å². The molecule has 0 fully saturated rings. The maximum atomic E-state index is 13.0. The predicted octanol–water partition coefficient (Wildman–Crippen LogP) is 1.40. The molecule has 5 heteroatoms. The topological polar surface area (TPSA) is 49.0 Å². The van der Waals surface area contributed by atoms with Crippen LogP contribution in [-0.4, -0.2) is 35.1 Å². The molecule has 0 saturated carbocycles. The highest BCUT2D eigenvalue weighted by atomic mass is 19.1. The summed E-state index contributed by atoms with van der Waals surface area (Å²) in [4.78, 5) is 13.1. The smallest absolute Gasteiger partial charge is 0.274 e. The summed E-state index contributed by atoms with van der Waals surface area (Å²) in [5.41, 5.74) is 0.899. The molecule has 0 atom stereocenters. The third kappa shape index (κ3) is 1.56. The minimum absolute atomic E-state index is 0.244. The second-order valence-electron chi connectivity index (χ2n) is 3.46. The lowest BCUT2D eigenvalue weighted by Crippen LogP contribution is -2.22. The van der Waals surface area contributed by atoms with Gasteiger partial charge in [0.1, 0.15) is 5.82 Å². The van der Waals surface area contributed by atoms with Crippen LogP contribution in [-0.2, 0) is 0 Å². The van der Waals surface area contributed by atoms with Crippen molar-refractivity contribution in [3.63, 3.8) is 0 Å². The minimum Gasteiger partial charge on any atom is -0.343 e. The summed E-state index contributed by atoms with van der Waals surface area (Å²) in [6.45, 7) is 0. The molecule has 15 heavy (non-hydrogen) atoms. The zero-order valence-corrected chi connectivity index (χ0v) is 8.41. The van der Waals surface area contributed by atoms with Gasteiger partial charge in [0.15, 0.2) is 5.69 Å². The average molecular weight is 207 g/mol. The molecular weight excluding hydrogens is 197 g/mol. The number of benzene rings is 1. The highest BCUT2D eigenvalue weighted by Gasteiger charge is 2.15. The Kier molecular flexibility index (Phi) is 2.15. The second-order valence-corrected chi connectivity index (χ2v) is 3.46. The molecule has 0 aliphatic heterocycles. The summed E-state index contributed by atoms with van der Waals surface area (Å²) in [7, 11) is 3.25. The van der Waals surface area contributed by atoms with Gasteiger partial charge in [0.2, 0.25) is 0 Å². The largest absolute Gasteiger partial charge is 0.343 e. The van der Waals surface area contributed by atoms with E-state index in [0.29, 0.717) is 10.9 Å². The van der Waals surface area contributed by atoms with Crippen LogP contribution < -0.4 is 0 Å². The molecule has 1 N–H and O–H groups in total. The fraction of sp³-hybridized carbons (Fsp3) is 0.200. The van der Waals surface area contributed by atoms with Crippen LogP contribution in [0.3, 0.4) is 0 Å². The van der Waals surface area contributed by atoms with Gasteiger partial charge in [-0.3, -0.25) is 9.89 Å². The van der Waals surface area contributed by atoms with Crippen LogP contribution in [0.5, 0.6) is 0 Å². The van der Waals surface area contributed by atoms with Gasteiger partial charge in [-0.25, -0.2) is 4.39 Å². The van der Waals surface area contributed by atoms with Gasteiger partial charge in [-0.1, -0.05) is 0 Å². The number of amides is 1. The summed E-state index contributed by atoms with van der Waals surface area (Å²) in [5.74, 6) is -0.622. The van der Waals surface area contributed by atoms with E-state index in [0.717, 1.165) is 0 Å². The molecule has 1 amide bonds. The number of hydrogen-bond acceptors (Lipinski definition) is 2. The highest BCUT2D eigenvalue weighted by molar-refractivity contribution is 6.04. The normalized spacial score (nSPS) is 10.6.